The molecule has 0 N–H and O–H groups in total. The smallest absolute Gasteiger partial charge is 0.247 e. The van der Waals surface area contributed by atoms with Crippen molar-refractivity contribution in [2.24, 2.45) is 0 Å². The molecular formula is C17H19N3O5S. The Bertz CT molecular complexity index is 1040. The molecule has 0 bridgehead atoms. The SMILES string of the molecule is C=CCn1c(=O)n(CC=C)c(=O)n(CCS(=O)(=O)c2ccccc2)c1=O. The van der Waals surface area contributed by atoms with Gasteiger partial charge in [-0.05, 0) is 12.1 Å². The minimum atomic E-state index is -3.69. The van der Waals surface area contributed by atoms with Gasteiger partial charge in [-0.25, -0.2) is 36.5 Å². The van der Waals surface area contributed by atoms with E-state index in [1.165, 1.54) is 24.3 Å². The van der Waals surface area contributed by atoms with Crippen molar-refractivity contribution in [3.63, 3.8) is 0 Å². The van der Waals surface area contributed by atoms with E-state index in [2.05, 4.69) is 13.2 Å². The highest BCUT2D eigenvalue weighted by Gasteiger charge is 2.18. The standard InChI is InChI=1S/C17H19N3O5S/c1-3-10-18-15(21)19(11-4-2)17(23)20(16(18)22)12-13-26(24,25)14-8-6-5-7-9-14/h3-9H,1-2,10-13H2. The van der Waals surface area contributed by atoms with E-state index in [-0.39, 0.29) is 24.5 Å². The summed E-state index contributed by atoms with van der Waals surface area (Å²) in [5.41, 5.74) is -2.53. The molecule has 2 rings (SSSR count). The Morgan fingerprint density at radius 2 is 1.27 bits per heavy atom. The summed E-state index contributed by atoms with van der Waals surface area (Å²) >= 11 is 0. The maximum Gasteiger partial charge on any atom is 0.336 e. The van der Waals surface area contributed by atoms with Crippen molar-refractivity contribution in [3.05, 3.63) is 87.1 Å². The fraction of sp³-hybridized carbons (Fsp3) is 0.235. The Morgan fingerprint density at radius 3 is 1.73 bits per heavy atom. The monoisotopic (exact) mass is 377 g/mol. The molecule has 0 aliphatic carbocycles. The molecule has 26 heavy (non-hydrogen) atoms. The molecule has 0 radical (unpaired) electrons. The van der Waals surface area contributed by atoms with Gasteiger partial charge in [0.1, 0.15) is 0 Å². The zero-order chi connectivity index (χ0) is 19.3. The van der Waals surface area contributed by atoms with Gasteiger partial charge in [-0.3, -0.25) is 0 Å². The summed E-state index contributed by atoms with van der Waals surface area (Å²) in [7, 11) is -3.69. The third kappa shape index (κ3) is 3.83. The highest BCUT2D eigenvalue weighted by Crippen LogP contribution is 2.09. The second-order valence-corrected chi connectivity index (χ2v) is 7.54. The molecule has 0 aliphatic rings. The average molecular weight is 377 g/mol. The number of benzene rings is 1. The molecule has 1 heterocycles. The van der Waals surface area contributed by atoms with Crippen LogP contribution in [0, 0.1) is 0 Å². The maximum absolute atomic E-state index is 12.5. The van der Waals surface area contributed by atoms with E-state index in [1.807, 2.05) is 0 Å². The Kier molecular flexibility index (Phi) is 5.93. The van der Waals surface area contributed by atoms with Crippen molar-refractivity contribution in [3.8, 4) is 0 Å². The number of allylic oxidation sites excluding steroid dienone is 2. The predicted octanol–water partition coefficient (Wildman–Crippen LogP) is 0.0176. The first-order chi connectivity index (χ1) is 12.3. The lowest BCUT2D eigenvalue weighted by Gasteiger charge is -2.12. The van der Waals surface area contributed by atoms with Gasteiger partial charge in [0, 0.05) is 6.54 Å². The number of nitrogens with zero attached hydrogens (tertiary/aromatic N) is 3. The van der Waals surface area contributed by atoms with Gasteiger partial charge in [0.2, 0.25) is 0 Å². The molecule has 0 spiro atoms. The minimum Gasteiger partial charge on any atom is -0.247 e. The van der Waals surface area contributed by atoms with Crippen LogP contribution in [-0.2, 0) is 29.5 Å². The van der Waals surface area contributed by atoms with E-state index in [9.17, 15) is 22.8 Å². The van der Waals surface area contributed by atoms with E-state index in [4.69, 9.17) is 0 Å². The molecule has 0 amide bonds. The normalized spacial score (nSPS) is 11.2. The lowest BCUT2D eigenvalue weighted by molar-refractivity contribution is 0.488. The lowest BCUT2D eigenvalue weighted by Crippen LogP contribution is -2.54. The van der Waals surface area contributed by atoms with Crippen LogP contribution in [0.5, 0.6) is 0 Å². The van der Waals surface area contributed by atoms with Gasteiger partial charge >= 0.3 is 17.1 Å². The molecule has 1 aromatic carbocycles. The topological polar surface area (TPSA) is 100 Å². The molecule has 0 atom stereocenters. The van der Waals surface area contributed by atoms with Crippen LogP contribution in [0.15, 0.2) is 74.9 Å². The summed E-state index contributed by atoms with van der Waals surface area (Å²) < 4.78 is 27.2. The maximum atomic E-state index is 12.5. The van der Waals surface area contributed by atoms with Crippen molar-refractivity contribution in [1.29, 1.82) is 0 Å². The van der Waals surface area contributed by atoms with Crippen LogP contribution in [0.3, 0.4) is 0 Å². The fourth-order valence-corrected chi connectivity index (χ4v) is 3.63. The van der Waals surface area contributed by atoms with Crippen LogP contribution in [0.25, 0.3) is 0 Å². The Labute approximate surface area is 149 Å². The summed E-state index contributed by atoms with van der Waals surface area (Å²) in [4.78, 5) is 37.3. The van der Waals surface area contributed by atoms with E-state index in [0.29, 0.717) is 0 Å². The third-order valence-corrected chi connectivity index (χ3v) is 5.41. The Hall–Kier alpha value is -2.94. The van der Waals surface area contributed by atoms with Crippen LogP contribution in [-0.4, -0.2) is 27.9 Å². The second-order valence-electron chi connectivity index (χ2n) is 5.43. The van der Waals surface area contributed by atoms with Crippen LogP contribution in [0.2, 0.25) is 0 Å². The van der Waals surface area contributed by atoms with Crippen molar-refractivity contribution in [1.82, 2.24) is 13.7 Å². The van der Waals surface area contributed by atoms with Gasteiger partial charge < -0.3 is 0 Å². The summed E-state index contributed by atoms with van der Waals surface area (Å²) in [6.45, 7) is 6.39. The number of aromatic nitrogens is 3. The lowest BCUT2D eigenvalue weighted by atomic mass is 10.4. The Balaban J connectivity index is 2.51. The molecule has 138 valence electrons. The summed E-state index contributed by atoms with van der Waals surface area (Å²) in [5.74, 6) is -0.452. The van der Waals surface area contributed by atoms with Crippen molar-refractivity contribution in [2.75, 3.05) is 5.75 Å². The predicted molar refractivity (Wildman–Crippen MR) is 98.1 cm³/mol. The molecule has 0 unspecified atom stereocenters. The summed E-state index contributed by atoms with van der Waals surface area (Å²) in [5, 5.41) is 0. The highest BCUT2D eigenvalue weighted by atomic mass is 32.2. The van der Waals surface area contributed by atoms with Gasteiger partial charge in [0.15, 0.2) is 9.84 Å². The molecule has 2 aromatic rings. The summed E-state index contributed by atoms with van der Waals surface area (Å²) in [6, 6.07) is 7.73. The molecule has 0 saturated carbocycles. The first kappa shape index (κ1) is 19.4. The first-order valence-corrected chi connectivity index (χ1v) is 9.42. The minimum absolute atomic E-state index is 0.0962. The van der Waals surface area contributed by atoms with Crippen molar-refractivity contribution >= 4 is 9.84 Å². The van der Waals surface area contributed by atoms with Gasteiger partial charge in [0.05, 0.1) is 23.7 Å². The molecule has 0 aliphatic heterocycles. The largest absolute Gasteiger partial charge is 0.336 e. The van der Waals surface area contributed by atoms with Crippen LogP contribution >= 0.6 is 0 Å². The van der Waals surface area contributed by atoms with Gasteiger partial charge in [0.25, 0.3) is 0 Å². The molecule has 8 nitrogen and oxygen atoms in total. The number of hydrogen-bond acceptors (Lipinski definition) is 5. The van der Waals surface area contributed by atoms with Crippen LogP contribution in [0.4, 0.5) is 0 Å². The quantitative estimate of drug-likeness (QED) is 0.604. The van der Waals surface area contributed by atoms with E-state index in [0.717, 1.165) is 13.7 Å². The molecule has 1 aromatic heterocycles. The zero-order valence-electron chi connectivity index (χ0n) is 14.1. The fourth-order valence-electron chi connectivity index (χ4n) is 2.40. The van der Waals surface area contributed by atoms with Gasteiger partial charge in [-0.2, -0.15) is 0 Å². The van der Waals surface area contributed by atoms with Crippen molar-refractivity contribution in [2.45, 2.75) is 24.5 Å². The zero-order valence-corrected chi connectivity index (χ0v) is 14.9. The van der Waals surface area contributed by atoms with E-state index in [1.54, 1.807) is 18.2 Å². The number of hydrogen-bond donors (Lipinski definition) is 0. The second kappa shape index (κ2) is 7.96. The third-order valence-electron chi connectivity index (χ3n) is 3.69. The molecule has 9 heteroatoms. The molecular weight excluding hydrogens is 358 g/mol. The highest BCUT2D eigenvalue weighted by molar-refractivity contribution is 7.91. The average Bonchev–Trinajstić information content (AvgIpc) is 2.63. The van der Waals surface area contributed by atoms with E-state index >= 15 is 0 Å². The van der Waals surface area contributed by atoms with Crippen molar-refractivity contribution < 1.29 is 8.42 Å². The van der Waals surface area contributed by atoms with E-state index < -0.39 is 32.7 Å². The molecule has 0 fully saturated rings. The van der Waals surface area contributed by atoms with Crippen LogP contribution < -0.4 is 17.1 Å². The Morgan fingerprint density at radius 1 is 0.808 bits per heavy atom. The number of rotatable bonds is 8. The van der Waals surface area contributed by atoms with Gasteiger partial charge in [-0.1, -0.05) is 30.4 Å². The van der Waals surface area contributed by atoms with Crippen LogP contribution in [0.1, 0.15) is 0 Å². The molecule has 0 saturated heterocycles. The summed E-state index contributed by atoms with van der Waals surface area (Å²) in [6.07, 6.45) is 2.69. The number of sulfone groups is 1. The first-order valence-electron chi connectivity index (χ1n) is 7.77. The van der Waals surface area contributed by atoms with Gasteiger partial charge in [-0.15, -0.1) is 13.2 Å².